The van der Waals surface area contributed by atoms with Gasteiger partial charge in [-0.1, -0.05) is 36.0 Å². The Hall–Kier alpha value is -0.780. The lowest BCUT2D eigenvalue weighted by Gasteiger charge is -2.47. The molecule has 0 aromatic rings. The lowest BCUT2D eigenvalue weighted by molar-refractivity contribution is 0.0690. The Bertz CT molecular complexity index is 602. The number of hydrogen-bond acceptors (Lipinski definition) is 0. The third kappa shape index (κ3) is 3.51. The Balaban J connectivity index is 1.15. The summed E-state index contributed by atoms with van der Waals surface area (Å²) in [4.78, 5) is 0. The van der Waals surface area contributed by atoms with Crippen LogP contribution in [-0.4, -0.2) is 0 Å². The predicted molar refractivity (Wildman–Crippen MR) is 116 cm³/mol. The monoisotopic (exact) mass is 364 g/mol. The highest BCUT2D eigenvalue weighted by atomic mass is 14.5. The molecule has 3 saturated carbocycles. The second-order valence-corrected chi connectivity index (χ2v) is 10.8. The molecule has 1 spiro atoms. The molecule has 3 fully saturated rings. The summed E-state index contributed by atoms with van der Waals surface area (Å²) in [6, 6.07) is 0. The van der Waals surface area contributed by atoms with Crippen LogP contribution in [0.4, 0.5) is 0 Å². The fourth-order valence-electron chi connectivity index (χ4n) is 7.84. The molecule has 0 saturated heterocycles. The topological polar surface area (TPSA) is 0 Å². The van der Waals surface area contributed by atoms with Gasteiger partial charge in [0.1, 0.15) is 0 Å². The van der Waals surface area contributed by atoms with Crippen molar-refractivity contribution in [1.82, 2.24) is 0 Å². The van der Waals surface area contributed by atoms with E-state index in [-0.39, 0.29) is 0 Å². The Morgan fingerprint density at radius 3 is 2.41 bits per heavy atom. The molecule has 0 nitrogen and oxygen atoms in total. The molecule has 2 unspecified atom stereocenters. The van der Waals surface area contributed by atoms with Gasteiger partial charge in [-0.15, -0.1) is 0 Å². The molecule has 0 N–H and O–H groups in total. The van der Waals surface area contributed by atoms with Gasteiger partial charge >= 0.3 is 0 Å². The van der Waals surface area contributed by atoms with E-state index >= 15 is 0 Å². The van der Waals surface area contributed by atoms with E-state index in [9.17, 15) is 0 Å². The molecule has 148 valence electrons. The van der Waals surface area contributed by atoms with Crippen molar-refractivity contribution in [3.8, 4) is 0 Å². The van der Waals surface area contributed by atoms with Crippen LogP contribution in [0.5, 0.6) is 0 Å². The molecular formula is C27H40. The van der Waals surface area contributed by atoms with Gasteiger partial charge in [0.25, 0.3) is 0 Å². The van der Waals surface area contributed by atoms with E-state index in [0.717, 1.165) is 35.0 Å². The molecule has 5 aliphatic carbocycles. The maximum absolute atomic E-state index is 4.73. The maximum atomic E-state index is 4.73. The molecule has 0 aliphatic heterocycles. The number of allylic oxidation sites excluding steroid dienone is 5. The summed E-state index contributed by atoms with van der Waals surface area (Å²) in [6.45, 7) is 4.73. The van der Waals surface area contributed by atoms with E-state index in [1.165, 1.54) is 96.3 Å². The van der Waals surface area contributed by atoms with Crippen LogP contribution in [-0.2, 0) is 0 Å². The van der Waals surface area contributed by atoms with Crippen LogP contribution in [0.25, 0.3) is 0 Å². The van der Waals surface area contributed by atoms with E-state index in [1.54, 1.807) is 11.1 Å². The molecule has 0 heteroatoms. The highest BCUT2D eigenvalue weighted by Crippen LogP contribution is 2.55. The molecule has 5 rings (SSSR count). The van der Waals surface area contributed by atoms with Crippen molar-refractivity contribution >= 4 is 0 Å². The Morgan fingerprint density at radius 1 is 0.889 bits per heavy atom. The van der Waals surface area contributed by atoms with Crippen molar-refractivity contribution in [3.63, 3.8) is 0 Å². The zero-order valence-corrected chi connectivity index (χ0v) is 17.4. The fraction of sp³-hybridized carbons (Fsp3) is 0.778. The maximum Gasteiger partial charge on any atom is -0.0135 e. The molecule has 0 aromatic heterocycles. The third-order valence-corrected chi connectivity index (χ3v) is 9.62. The lowest BCUT2D eigenvalue weighted by atomic mass is 9.58. The van der Waals surface area contributed by atoms with Crippen LogP contribution < -0.4 is 0 Å². The zero-order valence-electron chi connectivity index (χ0n) is 17.4. The first-order valence-corrected chi connectivity index (χ1v) is 12.3. The van der Waals surface area contributed by atoms with Gasteiger partial charge in [-0.05, 0) is 131 Å². The van der Waals surface area contributed by atoms with Gasteiger partial charge in [0.05, 0.1) is 0 Å². The fourth-order valence-corrected chi connectivity index (χ4v) is 7.84. The first-order chi connectivity index (χ1) is 13.2. The largest absolute Gasteiger partial charge is 0.0993 e. The van der Waals surface area contributed by atoms with Gasteiger partial charge in [-0.2, -0.15) is 0 Å². The number of hydrogen-bond donors (Lipinski definition) is 0. The third-order valence-electron chi connectivity index (χ3n) is 9.62. The van der Waals surface area contributed by atoms with Crippen molar-refractivity contribution in [1.29, 1.82) is 0 Å². The summed E-state index contributed by atoms with van der Waals surface area (Å²) in [7, 11) is 0. The van der Waals surface area contributed by atoms with E-state index in [1.807, 2.05) is 0 Å². The second kappa shape index (κ2) is 7.57. The summed E-state index contributed by atoms with van der Waals surface area (Å²) in [5.41, 5.74) is 4.20. The van der Waals surface area contributed by atoms with Crippen molar-refractivity contribution < 1.29 is 0 Å². The average molecular weight is 365 g/mol. The molecule has 0 radical (unpaired) electrons. The minimum Gasteiger partial charge on any atom is -0.0993 e. The summed E-state index contributed by atoms with van der Waals surface area (Å²) in [5.74, 6) is 4.50. The molecular weight excluding hydrogens is 324 g/mol. The van der Waals surface area contributed by atoms with E-state index in [0.29, 0.717) is 0 Å². The highest BCUT2D eigenvalue weighted by molar-refractivity contribution is 5.23. The van der Waals surface area contributed by atoms with Gasteiger partial charge in [-0.3, -0.25) is 0 Å². The van der Waals surface area contributed by atoms with Crippen molar-refractivity contribution in [2.24, 2.45) is 35.0 Å². The van der Waals surface area contributed by atoms with Gasteiger partial charge in [0.2, 0.25) is 0 Å². The average Bonchev–Trinajstić information content (AvgIpc) is 3.40. The minimum atomic E-state index is 0.723. The van der Waals surface area contributed by atoms with Crippen LogP contribution in [0.1, 0.15) is 96.3 Å². The SMILES string of the molecule is C=C(C1CCC2(CC1)CCC(C1C=CCC1)CC2)C1CCC=C2CCC[C@H]21. The number of rotatable bonds is 3. The molecule has 27 heavy (non-hydrogen) atoms. The second-order valence-electron chi connectivity index (χ2n) is 10.8. The molecule has 0 aromatic carbocycles. The predicted octanol–water partition coefficient (Wildman–Crippen LogP) is 8.01. The first-order valence-electron chi connectivity index (χ1n) is 12.3. The van der Waals surface area contributed by atoms with Crippen LogP contribution in [0.3, 0.4) is 0 Å². The van der Waals surface area contributed by atoms with Crippen molar-refractivity contribution in [3.05, 3.63) is 36.0 Å². The summed E-state index contributed by atoms with van der Waals surface area (Å²) >= 11 is 0. The molecule has 0 amide bonds. The lowest BCUT2D eigenvalue weighted by Crippen LogP contribution is -2.35. The Labute approximate surface area is 167 Å². The summed E-state index contributed by atoms with van der Waals surface area (Å²) < 4.78 is 0. The number of fused-ring (bicyclic) bond motifs is 1. The molecule has 5 aliphatic rings. The molecule has 3 atom stereocenters. The van der Waals surface area contributed by atoms with Crippen molar-refractivity contribution in [2.45, 2.75) is 96.3 Å². The summed E-state index contributed by atoms with van der Waals surface area (Å²) in [5, 5.41) is 0. The van der Waals surface area contributed by atoms with E-state index < -0.39 is 0 Å². The van der Waals surface area contributed by atoms with Crippen LogP contribution >= 0.6 is 0 Å². The quantitative estimate of drug-likeness (QED) is 0.445. The van der Waals surface area contributed by atoms with Crippen LogP contribution in [0, 0.1) is 35.0 Å². The molecule has 0 heterocycles. The summed E-state index contributed by atoms with van der Waals surface area (Å²) in [6.07, 6.45) is 29.3. The highest BCUT2D eigenvalue weighted by Gasteiger charge is 2.42. The minimum absolute atomic E-state index is 0.723. The Kier molecular flexibility index (Phi) is 5.12. The normalized spacial score (nSPS) is 44.3. The first kappa shape index (κ1) is 18.3. The van der Waals surface area contributed by atoms with Gasteiger partial charge in [-0.25, -0.2) is 0 Å². The van der Waals surface area contributed by atoms with Gasteiger partial charge in [0.15, 0.2) is 0 Å². The standard InChI is InChI=1S/C27H40/c1-20(25-10-4-8-24-9-5-11-26(24)25)21-12-16-27(17-13-21)18-14-23(15-19-27)22-6-2-3-7-22/h2,6,8,21-23,25-26H,1,3-5,7,9-19H2/t21?,22?,23?,25?,26-,27?/m1/s1. The van der Waals surface area contributed by atoms with E-state index in [2.05, 4.69) is 18.2 Å². The van der Waals surface area contributed by atoms with E-state index in [4.69, 9.17) is 6.58 Å². The van der Waals surface area contributed by atoms with Gasteiger partial charge < -0.3 is 0 Å². The van der Waals surface area contributed by atoms with Gasteiger partial charge in [0, 0.05) is 0 Å². The molecule has 0 bridgehead atoms. The zero-order chi connectivity index (χ0) is 18.3. The van der Waals surface area contributed by atoms with Crippen molar-refractivity contribution in [2.75, 3.05) is 0 Å². The van der Waals surface area contributed by atoms with Crippen LogP contribution in [0.2, 0.25) is 0 Å². The smallest absolute Gasteiger partial charge is 0.0135 e. The Morgan fingerprint density at radius 2 is 1.67 bits per heavy atom. The van der Waals surface area contributed by atoms with Crippen LogP contribution in [0.15, 0.2) is 36.0 Å².